The highest BCUT2D eigenvalue weighted by Gasteiger charge is 2.31. The van der Waals surface area contributed by atoms with Gasteiger partial charge in [0.05, 0.1) is 11.8 Å². The number of fused-ring (bicyclic) bond motifs is 1. The number of ether oxygens (including phenoxy) is 2. The Morgan fingerprint density at radius 3 is 2.92 bits per heavy atom. The van der Waals surface area contributed by atoms with Crippen molar-refractivity contribution in [3.05, 3.63) is 53.4 Å². The van der Waals surface area contributed by atoms with E-state index in [1.807, 2.05) is 23.1 Å². The molecule has 0 spiro atoms. The van der Waals surface area contributed by atoms with Crippen molar-refractivity contribution >= 4 is 17.7 Å². The molecule has 2 aliphatic rings. The zero-order valence-corrected chi connectivity index (χ0v) is 15.1. The molecule has 0 unspecified atom stereocenters. The third kappa shape index (κ3) is 3.44. The van der Waals surface area contributed by atoms with Gasteiger partial charge in [0, 0.05) is 18.7 Å². The van der Waals surface area contributed by atoms with Gasteiger partial charge in [-0.2, -0.15) is 4.73 Å². The average molecular weight is 372 g/mol. The maximum absolute atomic E-state index is 12.7. The van der Waals surface area contributed by atoms with Crippen LogP contribution in [0.15, 0.2) is 47.6 Å². The summed E-state index contributed by atoms with van der Waals surface area (Å²) in [6, 6.07) is 11.2. The van der Waals surface area contributed by atoms with Crippen LogP contribution in [0.5, 0.6) is 11.5 Å². The molecule has 0 saturated carbocycles. The summed E-state index contributed by atoms with van der Waals surface area (Å²) in [6.45, 7) is 1.86. The standard InChI is InChI=1S/C19H20N2O4S/c22-18(13-26-19-5-1-2-9-21(19)23)20-8-3-4-15(20)14-6-7-16-17(12-14)25-11-10-24-16/h1-2,5-7,9,12,15H,3-4,8,10-11,13H2/t15-/m1/s1. The van der Waals surface area contributed by atoms with Gasteiger partial charge in [-0.25, -0.2) is 0 Å². The van der Waals surface area contributed by atoms with Crippen LogP contribution in [0.25, 0.3) is 0 Å². The second kappa shape index (κ2) is 7.45. The topological polar surface area (TPSA) is 65.7 Å². The zero-order chi connectivity index (χ0) is 17.9. The van der Waals surface area contributed by atoms with Gasteiger partial charge in [-0.3, -0.25) is 4.79 Å². The van der Waals surface area contributed by atoms with Crippen LogP contribution in [0.2, 0.25) is 0 Å². The molecule has 1 aromatic carbocycles. The van der Waals surface area contributed by atoms with Crippen molar-refractivity contribution in [3.8, 4) is 11.5 Å². The minimum absolute atomic E-state index is 0.0501. The maximum atomic E-state index is 12.7. The Hall–Kier alpha value is -2.41. The molecule has 1 fully saturated rings. The first-order valence-electron chi connectivity index (χ1n) is 8.72. The van der Waals surface area contributed by atoms with Crippen LogP contribution in [0.1, 0.15) is 24.4 Å². The molecule has 2 aromatic rings. The first-order valence-corrected chi connectivity index (χ1v) is 9.71. The van der Waals surface area contributed by atoms with Crippen molar-refractivity contribution in [2.75, 3.05) is 25.5 Å². The molecule has 1 amide bonds. The Balaban J connectivity index is 1.46. The summed E-state index contributed by atoms with van der Waals surface area (Å²) in [5.74, 6) is 1.82. The van der Waals surface area contributed by atoms with E-state index >= 15 is 0 Å². The van der Waals surface area contributed by atoms with E-state index in [4.69, 9.17) is 9.47 Å². The third-order valence-corrected chi connectivity index (χ3v) is 5.66. The first-order chi connectivity index (χ1) is 12.7. The van der Waals surface area contributed by atoms with E-state index < -0.39 is 0 Å². The molecular weight excluding hydrogens is 352 g/mol. The molecule has 1 saturated heterocycles. The number of pyridine rings is 1. The fraction of sp³-hybridized carbons (Fsp3) is 0.368. The average Bonchev–Trinajstić information content (AvgIpc) is 3.17. The molecule has 6 nitrogen and oxygen atoms in total. The Bertz CT molecular complexity index is 814. The van der Waals surface area contributed by atoms with Gasteiger partial charge < -0.3 is 19.6 Å². The second-order valence-corrected chi connectivity index (χ2v) is 7.30. The number of nitrogens with zero attached hydrogens (tertiary/aromatic N) is 2. The van der Waals surface area contributed by atoms with Gasteiger partial charge in [0.1, 0.15) is 13.2 Å². The minimum atomic E-state index is 0.0501. The van der Waals surface area contributed by atoms with Crippen molar-refractivity contribution in [2.45, 2.75) is 23.9 Å². The summed E-state index contributed by atoms with van der Waals surface area (Å²) >= 11 is 1.28. The van der Waals surface area contributed by atoms with E-state index in [1.165, 1.54) is 18.0 Å². The van der Waals surface area contributed by atoms with Crippen molar-refractivity contribution in [1.29, 1.82) is 0 Å². The number of hydrogen-bond donors (Lipinski definition) is 0. The van der Waals surface area contributed by atoms with Crippen LogP contribution in [0.4, 0.5) is 0 Å². The monoisotopic (exact) mass is 372 g/mol. The van der Waals surface area contributed by atoms with Crippen LogP contribution >= 0.6 is 11.8 Å². The number of benzene rings is 1. The van der Waals surface area contributed by atoms with Gasteiger partial charge in [-0.15, -0.1) is 0 Å². The summed E-state index contributed by atoms with van der Waals surface area (Å²) in [6.07, 6.45) is 3.35. The number of amides is 1. The fourth-order valence-corrected chi connectivity index (χ4v) is 4.22. The predicted octanol–water partition coefficient (Wildman–Crippen LogP) is 2.55. The molecule has 3 heterocycles. The van der Waals surface area contributed by atoms with E-state index in [0.29, 0.717) is 18.2 Å². The number of carbonyl (C=O) groups excluding carboxylic acids is 1. The highest BCUT2D eigenvalue weighted by atomic mass is 32.2. The molecule has 26 heavy (non-hydrogen) atoms. The quantitative estimate of drug-likeness (QED) is 0.469. The number of hydrogen-bond acceptors (Lipinski definition) is 5. The summed E-state index contributed by atoms with van der Waals surface area (Å²) < 4.78 is 12.0. The molecule has 0 radical (unpaired) electrons. The van der Waals surface area contributed by atoms with Gasteiger partial charge in [0.2, 0.25) is 5.91 Å². The number of likely N-dealkylation sites (tertiary alicyclic amines) is 1. The second-order valence-electron chi connectivity index (χ2n) is 6.30. The van der Waals surface area contributed by atoms with Crippen molar-refractivity contribution < 1.29 is 19.0 Å². The molecule has 2 aliphatic heterocycles. The van der Waals surface area contributed by atoms with Crippen molar-refractivity contribution in [3.63, 3.8) is 0 Å². The van der Waals surface area contributed by atoms with Gasteiger partial charge in [-0.05, 0) is 48.4 Å². The van der Waals surface area contributed by atoms with Gasteiger partial charge in [0.15, 0.2) is 17.7 Å². The Kier molecular flexibility index (Phi) is 4.88. The van der Waals surface area contributed by atoms with Crippen LogP contribution in [0, 0.1) is 5.21 Å². The molecule has 0 aliphatic carbocycles. The Labute approximate surface area is 156 Å². The molecular formula is C19H20N2O4S. The lowest BCUT2D eigenvalue weighted by Gasteiger charge is -2.26. The molecule has 136 valence electrons. The van der Waals surface area contributed by atoms with E-state index in [0.717, 1.165) is 41.2 Å². The van der Waals surface area contributed by atoms with E-state index in [9.17, 15) is 10.0 Å². The largest absolute Gasteiger partial charge is 0.618 e. The first kappa shape index (κ1) is 17.0. The summed E-state index contributed by atoms with van der Waals surface area (Å²) in [4.78, 5) is 14.7. The molecule has 1 atom stereocenters. The van der Waals surface area contributed by atoms with Crippen LogP contribution in [-0.4, -0.2) is 36.3 Å². The number of thioether (sulfide) groups is 1. The fourth-order valence-electron chi connectivity index (χ4n) is 3.42. The molecule has 1 aromatic heterocycles. The molecule has 7 heteroatoms. The smallest absolute Gasteiger partial charge is 0.251 e. The maximum Gasteiger partial charge on any atom is 0.251 e. The van der Waals surface area contributed by atoms with E-state index in [-0.39, 0.29) is 17.7 Å². The van der Waals surface area contributed by atoms with Gasteiger partial charge in [-0.1, -0.05) is 6.07 Å². The van der Waals surface area contributed by atoms with Crippen molar-refractivity contribution in [1.82, 2.24) is 4.90 Å². The highest BCUT2D eigenvalue weighted by Crippen LogP contribution is 2.38. The van der Waals surface area contributed by atoms with Gasteiger partial charge in [0.25, 0.3) is 5.03 Å². The molecule has 0 N–H and O–H groups in total. The minimum Gasteiger partial charge on any atom is -0.618 e. The van der Waals surface area contributed by atoms with Crippen LogP contribution < -0.4 is 14.2 Å². The Morgan fingerprint density at radius 1 is 1.23 bits per heavy atom. The number of rotatable bonds is 4. The zero-order valence-electron chi connectivity index (χ0n) is 14.3. The van der Waals surface area contributed by atoms with Crippen LogP contribution in [-0.2, 0) is 4.79 Å². The third-order valence-electron chi connectivity index (χ3n) is 4.66. The summed E-state index contributed by atoms with van der Waals surface area (Å²) in [7, 11) is 0. The molecule has 0 bridgehead atoms. The molecule has 4 rings (SSSR count). The summed E-state index contributed by atoms with van der Waals surface area (Å²) in [5, 5.41) is 12.3. The van der Waals surface area contributed by atoms with E-state index in [2.05, 4.69) is 0 Å². The van der Waals surface area contributed by atoms with E-state index in [1.54, 1.807) is 18.2 Å². The van der Waals surface area contributed by atoms with Gasteiger partial charge >= 0.3 is 0 Å². The number of carbonyl (C=O) groups is 1. The summed E-state index contributed by atoms with van der Waals surface area (Å²) in [5.41, 5.74) is 1.07. The lowest BCUT2D eigenvalue weighted by Crippen LogP contribution is -2.33. The normalized spacial score (nSPS) is 18.8. The SMILES string of the molecule is O=C(CSc1cccc[n+]1[O-])N1CCC[C@@H]1c1ccc2c(c1)OCCO2. The predicted molar refractivity (Wildman–Crippen MR) is 97.2 cm³/mol. The highest BCUT2D eigenvalue weighted by molar-refractivity contribution is 7.99. The lowest BCUT2D eigenvalue weighted by atomic mass is 10.0. The lowest BCUT2D eigenvalue weighted by molar-refractivity contribution is -0.645. The van der Waals surface area contributed by atoms with Crippen LogP contribution in [0.3, 0.4) is 0 Å². The van der Waals surface area contributed by atoms with Crippen molar-refractivity contribution in [2.24, 2.45) is 0 Å². The number of aromatic nitrogens is 1. The Morgan fingerprint density at radius 2 is 2.08 bits per heavy atom.